The molecule has 0 radical (unpaired) electrons. The molecule has 18 heavy (non-hydrogen) atoms. The van der Waals surface area contributed by atoms with Gasteiger partial charge in [-0.1, -0.05) is 20.3 Å². The topological polar surface area (TPSA) is 79.3 Å². The van der Waals surface area contributed by atoms with Gasteiger partial charge in [-0.05, 0) is 12.8 Å². The van der Waals surface area contributed by atoms with E-state index in [2.05, 4.69) is 10.3 Å². The van der Waals surface area contributed by atoms with E-state index in [0.29, 0.717) is 12.8 Å². The van der Waals surface area contributed by atoms with Crippen molar-refractivity contribution in [3.05, 3.63) is 16.1 Å². The van der Waals surface area contributed by atoms with Crippen LogP contribution in [-0.4, -0.2) is 28.0 Å². The Hall–Kier alpha value is -1.43. The van der Waals surface area contributed by atoms with Crippen molar-refractivity contribution in [2.45, 2.75) is 45.6 Å². The van der Waals surface area contributed by atoms with Crippen LogP contribution in [0.4, 0.5) is 0 Å². The van der Waals surface area contributed by atoms with E-state index in [-0.39, 0.29) is 12.3 Å². The third-order valence-electron chi connectivity index (χ3n) is 2.48. The van der Waals surface area contributed by atoms with Gasteiger partial charge in [0.2, 0.25) is 5.91 Å². The maximum Gasteiger partial charge on any atom is 0.326 e. The molecule has 1 unspecified atom stereocenters. The van der Waals surface area contributed by atoms with Gasteiger partial charge >= 0.3 is 5.97 Å². The molecule has 0 aromatic carbocycles. The summed E-state index contributed by atoms with van der Waals surface area (Å²) in [6.07, 6.45) is 2.15. The van der Waals surface area contributed by atoms with Gasteiger partial charge in [-0.3, -0.25) is 4.79 Å². The minimum atomic E-state index is -0.987. The van der Waals surface area contributed by atoms with Gasteiger partial charge in [0.25, 0.3) is 0 Å². The molecule has 0 spiro atoms. The highest BCUT2D eigenvalue weighted by Crippen LogP contribution is 2.11. The number of nitrogens with zero attached hydrogens (tertiary/aromatic N) is 1. The molecule has 1 rings (SSSR count). The lowest BCUT2D eigenvalue weighted by Gasteiger charge is -2.12. The van der Waals surface area contributed by atoms with Crippen LogP contribution in [0.2, 0.25) is 0 Å². The Bertz CT molecular complexity index is 417. The second-order valence-electron chi connectivity index (χ2n) is 4.01. The molecule has 100 valence electrons. The third kappa shape index (κ3) is 4.44. The fourth-order valence-electron chi connectivity index (χ4n) is 1.52. The van der Waals surface area contributed by atoms with Gasteiger partial charge in [0.1, 0.15) is 11.0 Å². The van der Waals surface area contributed by atoms with Gasteiger partial charge in [-0.15, -0.1) is 11.3 Å². The number of thiazole rings is 1. The summed E-state index contributed by atoms with van der Waals surface area (Å²) in [6.45, 7) is 3.89. The van der Waals surface area contributed by atoms with Gasteiger partial charge in [-0.2, -0.15) is 0 Å². The van der Waals surface area contributed by atoms with Crippen molar-refractivity contribution in [3.8, 4) is 0 Å². The zero-order chi connectivity index (χ0) is 13.5. The SMILES string of the molecule is CCCC(NC(=O)Cc1nc(CC)cs1)C(=O)O. The van der Waals surface area contributed by atoms with Crippen LogP contribution in [0.5, 0.6) is 0 Å². The number of aliphatic carboxylic acids is 1. The normalized spacial score (nSPS) is 12.1. The molecule has 0 bridgehead atoms. The Morgan fingerprint density at radius 3 is 2.72 bits per heavy atom. The summed E-state index contributed by atoms with van der Waals surface area (Å²) >= 11 is 1.43. The Balaban J connectivity index is 2.51. The fraction of sp³-hybridized carbons (Fsp3) is 0.583. The van der Waals surface area contributed by atoms with Gasteiger partial charge in [-0.25, -0.2) is 9.78 Å². The van der Waals surface area contributed by atoms with Crippen LogP contribution in [0.1, 0.15) is 37.4 Å². The lowest BCUT2D eigenvalue weighted by Crippen LogP contribution is -2.41. The molecule has 5 nitrogen and oxygen atoms in total. The van der Waals surface area contributed by atoms with E-state index >= 15 is 0 Å². The van der Waals surface area contributed by atoms with Crippen LogP contribution in [-0.2, 0) is 22.4 Å². The average Bonchev–Trinajstić information content (AvgIpc) is 2.76. The van der Waals surface area contributed by atoms with Gasteiger partial charge < -0.3 is 10.4 Å². The largest absolute Gasteiger partial charge is 0.480 e. The molecule has 1 heterocycles. The number of carboxylic acids is 1. The van der Waals surface area contributed by atoms with E-state index in [1.165, 1.54) is 11.3 Å². The van der Waals surface area contributed by atoms with E-state index in [0.717, 1.165) is 17.1 Å². The highest BCUT2D eigenvalue weighted by Gasteiger charge is 2.19. The van der Waals surface area contributed by atoms with E-state index in [1.807, 2.05) is 19.2 Å². The van der Waals surface area contributed by atoms with Crippen LogP contribution in [0.3, 0.4) is 0 Å². The molecule has 0 aliphatic rings. The zero-order valence-electron chi connectivity index (χ0n) is 10.6. The van der Waals surface area contributed by atoms with Crippen LogP contribution in [0.15, 0.2) is 5.38 Å². The van der Waals surface area contributed by atoms with Crippen molar-refractivity contribution in [2.24, 2.45) is 0 Å². The number of rotatable bonds is 7. The molecular weight excluding hydrogens is 252 g/mol. The first-order valence-corrected chi connectivity index (χ1v) is 6.90. The maximum absolute atomic E-state index is 11.7. The van der Waals surface area contributed by atoms with E-state index in [4.69, 9.17) is 5.11 Å². The van der Waals surface area contributed by atoms with Gasteiger partial charge in [0.15, 0.2) is 0 Å². The third-order valence-corrected chi connectivity index (χ3v) is 3.38. The number of carbonyl (C=O) groups is 2. The number of carbonyl (C=O) groups excluding carboxylic acids is 1. The van der Waals surface area contributed by atoms with Crippen molar-refractivity contribution in [2.75, 3.05) is 0 Å². The molecule has 0 saturated heterocycles. The lowest BCUT2D eigenvalue weighted by molar-refractivity contribution is -0.141. The van der Waals surface area contributed by atoms with E-state index in [9.17, 15) is 9.59 Å². The minimum absolute atomic E-state index is 0.151. The first kappa shape index (κ1) is 14.6. The molecule has 0 saturated carbocycles. The van der Waals surface area contributed by atoms with Gasteiger partial charge in [0, 0.05) is 5.38 Å². The van der Waals surface area contributed by atoms with Crippen molar-refractivity contribution in [3.63, 3.8) is 0 Å². The summed E-state index contributed by atoms with van der Waals surface area (Å²) in [5.74, 6) is -1.27. The summed E-state index contributed by atoms with van der Waals surface area (Å²) in [5.41, 5.74) is 0.964. The predicted molar refractivity (Wildman–Crippen MR) is 69.7 cm³/mol. The second-order valence-corrected chi connectivity index (χ2v) is 4.95. The quantitative estimate of drug-likeness (QED) is 0.789. The number of amides is 1. The van der Waals surface area contributed by atoms with E-state index in [1.54, 1.807) is 0 Å². The van der Waals surface area contributed by atoms with E-state index < -0.39 is 12.0 Å². The van der Waals surface area contributed by atoms with Crippen LogP contribution in [0, 0.1) is 0 Å². The smallest absolute Gasteiger partial charge is 0.326 e. The molecule has 0 aliphatic heterocycles. The highest BCUT2D eigenvalue weighted by molar-refractivity contribution is 7.09. The molecule has 1 atom stereocenters. The van der Waals surface area contributed by atoms with Crippen LogP contribution >= 0.6 is 11.3 Å². The van der Waals surface area contributed by atoms with Gasteiger partial charge in [0.05, 0.1) is 12.1 Å². The molecule has 1 aromatic rings. The summed E-state index contributed by atoms with van der Waals surface area (Å²) in [4.78, 5) is 26.9. The lowest BCUT2D eigenvalue weighted by atomic mass is 10.1. The number of nitrogens with one attached hydrogen (secondary N) is 1. The zero-order valence-corrected chi connectivity index (χ0v) is 11.4. The van der Waals surface area contributed by atoms with Crippen LogP contribution in [0.25, 0.3) is 0 Å². The highest BCUT2D eigenvalue weighted by atomic mass is 32.1. The maximum atomic E-state index is 11.7. The first-order chi connectivity index (χ1) is 8.56. The molecule has 0 fully saturated rings. The van der Waals surface area contributed by atoms with Crippen molar-refractivity contribution >= 4 is 23.2 Å². The standard InChI is InChI=1S/C12H18N2O3S/c1-3-5-9(12(16)17)14-10(15)6-11-13-8(4-2)7-18-11/h7,9H,3-6H2,1-2H3,(H,14,15)(H,16,17). The number of hydrogen-bond donors (Lipinski definition) is 2. The molecule has 2 N–H and O–H groups in total. The monoisotopic (exact) mass is 270 g/mol. The number of hydrogen-bond acceptors (Lipinski definition) is 4. The van der Waals surface area contributed by atoms with Crippen molar-refractivity contribution < 1.29 is 14.7 Å². The number of aryl methyl sites for hydroxylation is 1. The molecule has 1 amide bonds. The molecular formula is C12H18N2O3S. The predicted octanol–water partition coefficient (Wildman–Crippen LogP) is 1.62. The summed E-state index contributed by atoms with van der Waals surface area (Å²) in [7, 11) is 0. The average molecular weight is 270 g/mol. The number of aromatic nitrogens is 1. The molecule has 0 aliphatic carbocycles. The minimum Gasteiger partial charge on any atom is -0.480 e. The first-order valence-electron chi connectivity index (χ1n) is 6.02. The van der Waals surface area contributed by atoms with Crippen molar-refractivity contribution in [1.82, 2.24) is 10.3 Å². The van der Waals surface area contributed by atoms with Crippen molar-refractivity contribution in [1.29, 1.82) is 0 Å². The Labute approximate surface area is 110 Å². The summed E-state index contributed by atoms with van der Waals surface area (Å²) < 4.78 is 0. The molecule has 6 heteroatoms. The summed E-state index contributed by atoms with van der Waals surface area (Å²) in [5, 5.41) is 14.1. The Morgan fingerprint density at radius 1 is 1.50 bits per heavy atom. The second kappa shape index (κ2) is 7.10. The number of carboxylic acid groups (broad SMARTS) is 1. The summed E-state index contributed by atoms with van der Waals surface area (Å²) in [6, 6.07) is -0.798. The Kier molecular flexibility index (Phi) is 5.77. The fourth-order valence-corrected chi connectivity index (χ4v) is 2.40. The Morgan fingerprint density at radius 2 is 2.22 bits per heavy atom. The van der Waals surface area contributed by atoms with Crippen LogP contribution < -0.4 is 5.32 Å². The molecule has 1 aromatic heterocycles.